The second-order valence-corrected chi connectivity index (χ2v) is 11.4. The van der Waals surface area contributed by atoms with Crippen molar-refractivity contribution in [3.63, 3.8) is 0 Å². The topological polar surface area (TPSA) is 38.7 Å². The molecule has 8 rings (SSSR count). The van der Waals surface area contributed by atoms with E-state index >= 15 is 0 Å². The highest BCUT2D eigenvalue weighted by Gasteiger charge is 2.15. The van der Waals surface area contributed by atoms with E-state index in [4.69, 9.17) is 9.97 Å². The number of fused-ring (bicyclic) bond motifs is 4. The molecule has 0 fully saturated rings. The Kier molecular flexibility index (Phi) is 6.23. The van der Waals surface area contributed by atoms with Crippen molar-refractivity contribution in [1.29, 1.82) is 0 Å². The highest BCUT2D eigenvalue weighted by atomic mass is 14.8. The molecule has 3 aromatic heterocycles. The van der Waals surface area contributed by atoms with E-state index in [0.717, 1.165) is 60.8 Å². The largest absolute Gasteiger partial charge is 0.256 e. The molecular weight excluding hydrogens is 534 g/mol. The Bertz CT molecular complexity index is 2360. The Morgan fingerprint density at radius 1 is 0.432 bits per heavy atom. The SMILES string of the molecule is Cc1ccc(-c2ccc3ccc4ccc(-c5ccccc5)nc4c3n2)cc1-c1c(C)cccc1-c1ccc2cccnc2c1. The molecule has 8 aromatic rings. The molecule has 0 spiro atoms. The summed E-state index contributed by atoms with van der Waals surface area (Å²) in [6.45, 7) is 4.38. The number of benzene rings is 5. The maximum absolute atomic E-state index is 5.24. The molecule has 0 radical (unpaired) electrons. The molecule has 0 saturated heterocycles. The highest BCUT2D eigenvalue weighted by molar-refractivity contribution is 6.04. The van der Waals surface area contributed by atoms with Gasteiger partial charge in [-0.25, -0.2) is 9.97 Å². The monoisotopic (exact) mass is 563 g/mol. The predicted octanol–water partition coefficient (Wildman–Crippen LogP) is 10.6. The van der Waals surface area contributed by atoms with Crippen molar-refractivity contribution >= 4 is 32.7 Å². The quantitative estimate of drug-likeness (QED) is 0.200. The molecule has 44 heavy (non-hydrogen) atoms. The normalized spacial score (nSPS) is 11.4. The van der Waals surface area contributed by atoms with Crippen LogP contribution < -0.4 is 0 Å². The molecule has 0 bridgehead atoms. The van der Waals surface area contributed by atoms with Gasteiger partial charge in [0.15, 0.2) is 0 Å². The minimum Gasteiger partial charge on any atom is -0.256 e. The van der Waals surface area contributed by atoms with Crippen LogP contribution in [0.2, 0.25) is 0 Å². The number of aryl methyl sites for hydroxylation is 2. The number of hydrogen-bond donors (Lipinski definition) is 0. The van der Waals surface area contributed by atoms with Gasteiger partial charge < -0.3 is 0 Å². The molecule has 0 atom stereocenters. The summed E-state index contributed by atoms with van der Waals surface area (Å²) < 4.78 is 0. The van der Waals surface area contributed by atoms with Crippen LogP contribution in [0.15, 0.2) is 140 Å². The van der Waals surface area contributed by atoms with Crippen LogP contribution in [-0.4, -0.2) is 15.0 Å². The molecule has 0 saturated carbocycles. The fraction of sp³-hybridized carbons (Fsp3) is 0.0488. The van der Waals surface area contributed by atoms with Crippen LogP contribution in [0.3, 0.4) is 0 Å². The van der Waals surface area contributed by atoms with E-state index in [2.05, 4.69) is 128 Å². The van der Waals surface area contributed by atoms with Gasteiger partial charge in [0.2, 0.25) is 0 Å². The first-order chi connectivity index (χ1) is 21.6. The second-order valence-electron chi connectivity index (χ2n) is 11.4. The van der Waals surface area contributed by atoms with Gasteiger partial charge in [0, 0.05) is 33.5 Å². The standard InChI is InChI=1S/C41H29N3/c1-26-13-14-33(24-35(26)39-27(2)8-6-12-34(39)32-18-15-29-11-7-23-42-38(29)25-32)37-22-20-31-17-16-30-19-21-36(28-9-4-3-5-10-28)43-40(30)41(31)44-37/h3-25H,1-2H3. The average molecular weight is 564 g/mol. The molecule has 3 heteroatoms. The first-order valence-electron chi connectivity index (χ1n) is 14.9. The van der Waals surface area contributed by atoms with Gasteiger partial charge in [-0.05, 0) is 77.6 Å². The van der Waals surface area contributed by atoms with E-state index in [1.165, 1.54) is 27.8 Å². The highest BCUT2D eigenvalue weighted by Crippen LogP contribution is 2.39. The van der Waals surface area contributed by atoms with Crippen molar-refractivity contribution < 1.29 is 0 Å². The Balaban J connectivity index is 1.28. The van der Waals surface area contributed by atoms with Gasteiger partial charge in [-0.3, -0.25) is 4.98 Å². The summed E-state index contributed by atoms with van der Waals surface area (Å²) in [4.78, 5) is 15.0. The summed E-state index contributed by atoms with van der Waals surface area (Å²) in [7, 11) is 0. The minimum absolute atomic E-state index is 0.917. The van der Waals surface area contributed by atoms with Gasteiger partial charge in [0.05, 0.1) is 27.9 Å². The van der Waals surface area contributed by atoms with Crippen LogP contribution in [0.25, 0.3) is 77.5 Å². The smallest absolute Gasteiger partial charge is 0.0972 e. The molecule has 3 heterocycles. The number of rotatable bonds is 4. The zero-order valence-corrected chi connectivity index (χ0v) is 24.6. The Hall–Kier alpha value is -5.67. The van der Waals surface area contributed by atoms with Gasteiger partial charge in [-0.2, -0.15) is 0 Å². The zero-order chi connectivity index (χ0) is 29.6. The maximum Gasteiger partial charge on any atom is 0.0972 e. The van der Waals surface area contributed by atoms with E-state index in [1.54, 1.807) is 0 Å². The summed E-state index contributed by atoms with van der Waals surface area (Å²) >= 11 is 0. The maximum atomic E-state index is 5.24. The fourth-order valence-electron chi connectivity index (χ4n) is 6.25. The van der Waals surface area contributed by atoms with Crippen molar-refractivity contribution in [3.8, 4) is 44.8 Å². The molecule has 0 N–H and O–H groups in total. The first kappa shape index (κ1) is 26.0. The van der Waals surface area contributed by atoms with Crippen LogP contribution in [0.1, 0.15) is 11.1 Å². The van der Waals surface area contributed by atoms with Crippen LogP contribution in [-0.2, 0) is 0 Å². The van der Waals surface area contributed by atoms with E-state index in [9.17, 15) is 0 Å². The fourth-order valence-corrected chi connectivity index (χ4v) is 6.25. The van der Waals surface area contributed by atoms with Crippen molar-refractivity contribution in [1.82, 2.24) is 15.0 Å². The third kappa shape index (κ3) is 4.50. The minimum atomic E-state index is 0.917. The summed E-state index contributed by atoms with van der Waals surface area (Å²) in [6.07, 6.45) is 1.86. The average Bonchev–Trinajstić information content (AvgIpc) is 3.08. The van der Waals surface area contributed by atoms with Gasteiger partial charge in [-0.1, -0.05) is 103 Å². The van der Waals surface area contributed by atoms with E-state index < -0.39 is 0 Å². The molecule has 0 aliphatic rings. The molecule has 5 aromatic carbocycles. The molecule has 0 amide bonds. The molecule has 0 aliphatic heterocycles. The van der Waals surface area contributed by atoms with Crippen molar-refractivity contribution in [2.75, 3.05) is 0 Å². The van der Waals surface area contributed by atoms with E-state index in [-0.39, 0.29) is 0 Å². The van der Waals surface area contributed by atoms with Gasteiger partial charge in [0.25, 0.3) is 0 Å². The lowest BCUT2D eigenvalue weighted by Crippen LogP contribution is -1.94. The van der Waals surface area contributed by atoms with Crippen LogP contribution in [0.4, 0.5) is 0 Å². The molecule has 208 valence electrons. The third-order valence-electron chi connectivity index (χ3n) is 8.58. The second kappa shape index (κ2) is 10.6. The van der Waals surface area contributed by atoms with Gasteiger partial charge >= 0.3 is 0 Å². The summed E-state index contributed by atoms with van der Waals surface area (Å²) in [5.41, 5.74) is 14.2. The van der Waals surface area contributed by atoms with Gasteiger partial charge in [0.1, 0.15) is 0 Å². The number of hydrogen-bond acceptors (Lipinski definition) is 3. The van der Waals surface area contributed by atoms with E-state index in [0.29, 0.717) is 0 Å². The zero-order valence-electron chi connectivity index (χ0n) is 24.6. The Morgan fingerprint density at radius 3 is 1.89 bits per heavy atom. The summed E-state index contributed by atoms with van der Waals surface area (Å²) in [6, 6.07) is 47.0. The Labute approximate surface area is 256 Å². The van der Waals surface area contributed by atoms with Crippen molar-refractivity contribution in [2.45, 2.75) is 13.8 Å². The first-order valence-corrected chi connectivity index (χ1v) is 14.9. The molecule has 0 aliphatic carbocycles. The third-order valence-corrected chi connectivity index (χ3v) is 8.58. The lowest BCUT2D eigenvalue weighted by Gasteiger charge is -2.17. The van der Waals surface area contributed by atoms with Crippen LogP contribution in [0.5, 0.6) is 0 Å². The molecule has 3 nitrogen and oxygen atoms in total. The van der Waals surface area contributed by atoms with E-state index in [1.807, 2.05) is 30.5 Å². The summed E-state index contributed by atoms with van der Waals surface area (Å²) in [5.74, 6) is 0. The number of nitrogens with zero attached hydrogens (tertiary/aromatic N) is 3. The lowest BCUT2D eigenvalue weighted by molar-refractivity contribution is 1.35. The molecular formula is C41H29N3. The molecule has 0 unspecified atom stereocenters. The van der Waals surface area contributed by atoms with Crippen molar-refractivity contribution in [2.24, 2.45) is 0 Å². The Morgan fingerprint density at radius 2 is 1.11 bits per heavy atom. The number of pyridine rings is 3. The summed E-state index contributed by atoms with van der Waals surface area (Å²) in [5, 5.41) is 3.31. The lowest BCUT2D eigenvalue weighted by atomic mass is 9.87. The van der Waals surface area contributed by atoms with Crippen molar-refractivity contribution in [3.05, 3.63) is 151 Å². The number of aromatic nitrogens is 3. The predicted molar refractivity (Wildman–Crippen MR) is 184 cm³/mol. The van der Waals surface area contributed by atoms with Crippen LogP contribution in [0, 0.1) is 13.8 Å². The van der Waals surface area contributed by atoms with Gasteiger partial charge in [-0.15, -0.1) is 0 Å². The van der Waals surface area contributed by atoms with Crippen LogP contribution >= 0.6 is 0 Å².